The van der Waals surface area contributed by atoms with E-state index in [-0.39, 0.29) is 12.4 Å². The second-order valence-corrected chi connectivity index (χ2v) is 4.90. The topological polar surface area (TPSA) is 38.5 Å². The highest BCUT2D eigenvalue weighted by molar-refractivity contribution is 5.46. The SMILES string of the molecule is NCC#Cc1cc(F)ccc1OCCCN1CCCC1. The first kappa shape index (κ1) is 14.8. The molecule has 0 aliphatic carbocycles. The summed E-state index contributed by atoms with van der Waals surface area (Å²) in [6.45, 7) is 4.34. The van der Waals surface area contributed by atoms with Crippen molar-refractivity contribution in [3.63, 3.8) is 0 Å². The molecule has 1 fully saturated rings. The van der Waals surface area contributed by atoms with E-state index in [1.807, 2.05) is 0 Å². The van der Waals surface area contributed by atoms with Crippen LogP contribution in [0.5, 0.6) is 5.75 Å². The third-order valence-corrected chi connectivity index (χ3v) is 3.34. The van der Waals surface area contributed by atoms with Crippen molar-refractivity contribution in [3.8, 4) is 17.6 Å². The van der Waals surface area contributed by atoms with Crippen LogP contribution in [0.4, 0.5) is 4.39 Å². The fraction of sp³-hybridized carbons (Fsp3) is 0.500. The Morgan fingerprint density at radius 3 is 2.85 bits per heavy atom. The van der Waals surface area contributed by atoms with Gasteiger partial charge in [-0.05, 0) is 50.6 Å². The lowest BCUT2D eigenvalue weighted by molar-refractivity contribution is 0.262. The number of rotatable bonds is 5. The zero-order chi connectivity index (χ0) is 14.2. The summed E-state index contributed by atoms with van der Waals surface area (Å²) < 4.78 is 18.9. The van der Waals surface area contributed by atoms with Gasteiger partial charge in [0.05, 0.1) is 18.7 Å². The van der Waals surface area contributed by atoms with Crippen LogP contribution in [0.15, 0.2) is 18.2 Å². The number of nitrogens with two attached hydrogens (primary N) is 1. The molecule has 4 heteroatoms. The van der Waals surface area contributed by atoms with Crippen molar-refractivity contribution in [2.45, 2.75) is 19.3 Å². The minimum Gasteiger partial charge on any atom is -0.492 e. The Morgan fingerprint density at radius 1 is 1.30 bits per heavy atom. The van der Waals surface area contributed by atoms with Crippen LogP contribution in [0, 0.1) is 17.7 Å². The molecule has 108 valence electrons. The molecule has 20 heavy (non-hydrogen) atoms. The van der Waals surface area contributed by atoms with Crippen LogP contribution in [-0.2, 0) is 0 Å². The predicted molar refractivity (Wildman–Crippen MR) is 78.1 cm³/mol. The maximum absolute atomic E-state index is 13.2. The van der Waals surface area contributed by atoms with Crippen molar-refractivity contribution in [3.05, 3.63) is 29.6 Å². The highest BCUT2D eigenvalue weighted by atomic mass is 19.1. The smallest absolute Gasteiger partial charge is 0.135 e. The average Bonchev–Trinajstić information content (AvgIpc) is 2.96. The van der Waals surface area contributed by atoms with Crippen molar-refractivity contribution in [2.75, 3.05) is 32.8 Å². The second-order valence-electron chi connectivity index (χ2n) is 4.90. The molecule has 3 nitrogen and oxygen atoms in total. The highest BCUT2D eigenvalue weighted by Gasteiger charge is 2.10. The molecule has 0 spiro atoms. The first-order valence-electron chi connectivity index (χ1n) is 7.13. The van der Waals surface area contributed by atoms with Gasteiger partial charge >= 0.3 is 0 Å². The van der Waals surface area contributed by atoms with E-state index in [1.54, 1.807) is 6.07 Å². The van der Waals surface area contributed by atoms with Crippen molar-refractivity contribution < 1.29 is 9.13 Å². The van der Waals surface area contributed by atoms with E-state index >= 15 is 0 Å². The summed E-state index contributed by atoms with van der Waals surface area (Å²) in [7, 11) is 0. The number of likely N-dealkylation sites (tertiary alicyclic amines) is 1. The summed E-state index contributed by atoms with van der Waals surface area (Å²) in [5.41, 5.74) is 5.91. The van der Waals surface area contributed by atoms with Crippen LogP contribution >= 0.6 is 0 Å². The van der Waals surface area contributed by atoms with Gasteiger partial charge in [-0.3, -0.25) is 0 Å². The van der Waals surface area contributed by atoms with Gasteiger partial charge in [0.15, 0.2) is 0 Å². The maximum Gasteiger partial charge on any atom is 0.135 e. The predicted octanol–water partition coefficient (Wildman–Crippen LogP) is 2.00. The zero-order valence-electron chi connectivity index (χ0n) is 11.7. The van der Waals surface area contributed by atoms with Crippen LogP contribution in [0.1, 0.15) is 24.8 Å². The van der Waals surface area contributed by atoms with Gasteiger partial charge in [0, 0.05) is 6.54 Å². The summed E-state index contributed by atoms with van der Waals surface area (Å²) in [5.74, 6) is 5.90. The molecule has 0 unspecified atom stereocenters. The summed E-state index contributed by atoms with van der Waals surface area (Å²) in [6.07, 6.45) is 3.58. The quantitative estimate of drug-likeness (QED) is 0.660. The Labute approximate surface area is 119 Å². The maximum atomic E-state index is 13.2. The van der Waals surface area contributed by atoms with Gasteiger partial charge in [0.2, 0.25) is 0 Å². The molecule has 1 saturated heterocycles. The van der Waals surface area contributed by atoms with Crippen LogP contribution < -0.4 is 10.5 Å². The monoisotopic (exact) mass is 276 g/mol. The van der Waals surface area contributed by atoms with Crippen molar-refractivity contribution in [1.29, 1.82) is 0 Å². The molecule has 0 saturated carbocycles. The molecule has 0 bridgehead atoms. The molecule has 1 aromatic carbocycles. The minimum atomic E-state index is -0.310. The third kappa shape index (κ3) is 4.52. The fourth-order valence-electron chi connectivity index (χ4n) is 2.35. The van der Waals surface area contributed by atoms with E-state index < -0.39 is 0 Å². The lowest BCUT2D eigenvalue weighted by atomic mass is 10.2. The Kier molecular flexibility index (Phi) is 5.85. The number of hydrogen-bond donors (Lipinski definition) is 1. The van der Waals surface area contributed by atoms with E-state index in [0.717, 1.165) is 13.0 Å². The molecule has 1 aliphatic rings. The second kappa shape index (κ2) is 7.88. The van der Waals surface area contributed by atoms with E-state index in [1.165, 1.54) is 38.1 Å². The van der Waals surface area contributed by atoms with Crippen molar-refractivity contribution in [1.82, 2.24) is 4.90 Å². The van der Waals surface area contributed by atoms with Crippen LogP contribution in [0.3, 0.4) is 0 Å². The third-order valence-electron chi connectivity index (χ3n) is 3.34. The molecule has 0 aromatic heterocycles. The lowest BCUT2D eigenvalue weighted by Gasteiger charge is -2.14. The minimum absolute atomic E-state index is 0.255. The Bertz CT molecular complexity index is 487. The number of ether oxygens (including phenoxy) is 1. The van der Waals surface area contributed by atoms with Crippen LogP contribution in [0.2, 0.25) is 0 Å². The molecule has 0 radical (unpaired) electrons. The normalized spacial score (nSPS) is 14.9. The molecule has 1 aliphatic heterocycles. The van der Waals surface area contributed by atoms with Gasteiger partial charge in [-0.25, -0.2) is 4.39 Å². The fourth-order valence-corrected chi connectivity index (χ4v) is 2.35. The Balaban J connectivity index is 1.84. The van der Waals surface area contributed by atoms with Gasteiger partial charge in [-0.2, -0.15) is 0 Å². The average molecular weight is 276 g/mol. The molecule has 2 N–H and O–H groups in total. The summed E-state index contributed by atoms with van der Waals surface area (Å²) in [5, 5.41) is 0. The lowest BCUT2D eigenvalue weighted by Crippen LogP contribution is -2.22. The molecule has 1 aromatic rings. The number of benzene rings is 1. The van der Waals surface area contributed by atoms with Gasteiger partial charge in [0.25, 0.3) is 0 Å². The zero-order valence-corrected chi connectivity index (χ0v) is 11.7. The first-order valence-corrected chi connectivity index (χ1v) is 7.13. The molecule has 0 atom stereocenters. The number of hydrogen-bond acceptors (Lipinski definition) is 3. The molecular formula is C16H21FN2O. The summed E-state index contributed by atoms with van der Waals surface area (Å²) in [4.78, 5) is 2.45. The van der Waals surface area contributed by atoms with Crippen molar-refractivity contribution >= 4 is 0 Å². The van der Waals surface area contributed by atoms with Crippen molar-refractivity contribution in [2.24, 2.45) is 5.73 Å². The summed E-state index contributed by atoms with van der Waals surface area (Å²) >= 11 is 0. The first-order chi connectivity index (χ1) is 9.79. The van der Waals surface area contributed by atoms with Gasteiger partial charge < -0.3 is 15.4 Å². The molecular weight excluding hydrogens is 255 g/mol. The van der Waals surface area contributed by atoms with Gasteiger partial charge in [-0.15, -0.1) is 0 Å². The van der Waals surface area contributed by atoms with E-state index in [9.17, 15) is 4.39 Å². The highest BCUT2D eigenvalue weighted by Crippen LogP contribution is 2.19. The number of nitrogens with zero attached hydrogens (tertiary/aromatic N) is 1. The Morgan fingerprint density at radius 2 is 2.10 bits per heavy atom. The largest absolute Gasteiger partial charge is 0.492 e. The van der Waals surface area contributed by atoms with E-state index in [4.69, 9.17) is 10.5 Å². The molecule has 2 rings (SSSR count). The standard InChI is InChI=1S/C16H21FN2O/c17-15-6-7-16(14(13-15)5-3-8-18)20-12-4-11-19-9-1-2-10-19/h6-7,13H,1-2,4,8-12,18H2. The van der Waals surface area contributed by atoms with Crippen LogP contribution in [0.25, 0.3) is 0 Å². The van der Waals surface area contributed by atoms with E-state index in [0.29, 0.717) is 17.9 Å². The number of halogens is 1. The Hall–Kier alpha value is -1.57. The summed E-state index contributed by atoms with van der Waals surface area (Å²) in [6, 6.07) is 4.41. The van der Waals surface area contributed by atoms with Gasteiger partial charge in [0.1, 0.15) is 11.6 Å². The molecule has 1 heterocycles. The van der Waals surface area contributed by atoms with Crippen LogP contribution in [-0.4, -0.2) is 37.7 Å². The van der Waals surface area contributed by atoms with E-state index in [2.05, 4.69) is 16.7 Å². The van der Waals surface area contributed by atoms with Gasteiger partial charge in [-0.1, -0.05) is 11.8 Å². The molecule has 0 amide bonds.